The highest BCUT2D eigenvalue weighted by atomic mass is 127. The average Bonchev–Trinajstić information content (AvgIpc) is 3.39. The number of hydrogen-bond acceptors (Lipinski definition) is 2. The van der Waals surface area contributed by atoms with Gasteiger partial charge in [0.05, 0.1) is 12.6 Å². The van der Waals surface area contributed by atoms with Crippen molar-refractivity contribution >= 4 is 29.9 Å². The fraction of sp³-hybridized carbons (Fsp3) is 0.381. The Morgan fingerprint density at radius 2 is 1.85 bits per heavy atom. The zero-order valence-electron chi connectivity index (χ0n) is 15.0. The summed E-state index contributed by atoms with van der Waals surface area (Å²) in [5, 5.41) is 7.16. The first-order chi connectivity index (χ1) is 12.3. The van der Waals surface area contributed by atoms with Crippen LogP contribution >= 0.6 is 24.0 Å². The van der Waals surface area contributed by atoms with Crippen molar-refractivity contribution in [3.8, 4) is 5.75 Å². The predicted octanol–water partition coefficient (Wildman–Crippen LogP) is 3.92. The van der Waals surface area contributed by atoms with E-state index in [2.05, 4.69) is 58.1 Å². The average molecular weight is 463 g/mol. The second-order valence-electron chi connectivity index (χ2n) is 6.88. The minimum Gasteiger partial charge on any atom is -0.493 e. The highest BCUT2D eigenvalue weighted by molar-refractivity contribution is 14.0. The second kappa shape index (κ2) is 8.75. The molecule has 2 N–H and O–H groups in total. The van der Waals surface area contributed by atoms with Gasteiger partial charge >= 0.3 is 0 Å². The van der Waals surface area contributed by atoms with E-state index in [1.54, 1.807) is 0 Å². The minimum absolute atomic E-state index is 0. The molecule has 0 radical (unpaired) electrons. The van der Waals surface area contributed by atoms with Gasteiger partial charge in [-0.2, -0.15) is 0 Å². The van der Waals surface area contributed by atoms with E-state index >= 15 is 0 Å². The van der Waals surface area contributed by atoms with Crippen LogP contribution in [-0.2, 0) is 6.42 Å². The summed E-state index contributed by atoms with van der Waals surface area (Å²) in [4.78, 5) is 4.43. The summed E-state index contributed by atoms with van der Waals surface area (Å²) in [5.74, 6) is 2.57. The number of rotatable bonds is 4. The summed E-state index contributed by atoms with van der Waals surface area (Å²) < 4.78 is 5.75. The number of halogens is 1. The van der Waals surface area contributed by atoms with E-state index in [9.17, 15) is 0 Å². The Balaban J connectivity index is 0.00000196. The predicted molar refractivity (Wildman–Crippen MR) is 116 cm³/mol. The van der Waals surface area contributed by atoms with Gasteiger partial charge in [-0.3, -0.25) is 4.99 Å². The highest BCUT2D eigenvalue weighted by Crippen LogP contribution is 2.34. The molecule has 0 amide bonds. The quantitative estimate of drug-likeness (QED) is 0.411. The van der Waals surface area contributed by atoms with Crippen molar-refractivity contribution in [3.63, 3.8) is 0 Å². The van der Waals surface area contributed by atoms with Crippen LogP contribution in [0.15, 0.2) is 59.6 Å². The first-order valence-corrected chi connectivity index (χ1v) is 9.09. The Kier molecular flexibility index (Phi) is 6.40. The lowest BCUT2D eigenvalue weighted by atomic mass is 10.0. The molecule has 2 aromatic carbocycles. The Bertz CT molecular complexity index is 750. The van der Waals surface area contributed by atoms with Crippen LogP contribution in [0.5, 0.6) is 5.75 Å². The van der Waals surface area contributed by atoms with Crippen LogP contribution in [0.2, 0.25) is 0 Å². The van der Waals surface area contributed by atoms with Crippen LogP contribution in [0, 0.1) is 5.92 Å². The summed E-state index contributed by atoms with van der Waals surface area (Å²) in [6, 6.07) is 19.7. The van der Waals surface area contributed by atoms with Gasteiger partial charge in [0, 0.05) is 25.1 Å². The summed E-state index contributed by atoms with van der Waals surface area (Å²) in [5.41, 5.74) is 2.63. The maximum Gasteiger partial charge on any atom is 0.191 e. The topological polar surface area (TPSA) is 45.7 Å². The normalized spacial score (nSPS) is 23.9. The van der Waals surface area contributed by atoms with Gasteiger partial charge in [-0.1, -0.05) is 48.5 Å². The van der Waals surface area contributed by atoms with Crippen molar-refractivity contribution in [2.75, 3.05) is 13.7 Å². The highest BCUT2D eigenvalue weighted by Gasteiger charge is 2.38. The van der Waals surface area contributed by atoms with Crippen molar-refractivity contribution in [3.05, 3.63) is 65.7 Å². The SMILES string of the molecule is CN=C(NC1CCOc2ccccc21)NC1CC1Cc1ccccc1.I. The molecule has 5 heteroatoms. The van der Waals surface area contributed by atoms with Crippen molar-refractivity contribution < 1.29 is 4.74 Å². The number of aliphatic imine (C=N–C) groups is 1. The number of nitrogens with zero attached hydrogens (tertiary/aromatic N) is 1. The van der Waals surface area contributed by atoms with Gasteiger partial charge in [0.25, 0.3) is 0 Å². The van der Waals surface area contributed by atoms with Crippen LogP contribution in [-0.4, -0.2) is 25.7 Å². The van der Waals surface area contributed by atoms with Gasteiger partial charge in [0.15, 0.2) is 5.96 Å². The van der Waals surface area contributed by atoms with Crippen LogP contribution in [0.3, 0.4) is 0 Å². The van der Waals surface area contributed by atoms with Gasteiger partial charge in [-0.15, -0.1) is 24.0 Å². The number of benzene rings is 2. The number of para-hydroxylation sites is 1. The molecular weight excluding hydrogens is 437 g/mol. The number of guanidine groups is 1. The van der Waals surface area contributed by atoms with Crippen LogP contribution in [0.4, 0.5) is 0 Å². The molecule has 2 aliphatic rings. The molecule has 3 atom stereocenters. The van der Waals surface area contributed by atoms with Crippen LogP contribution in [0.25, 0.3) is 0 Å². The van der Waals surface area contributed by atoms with E-state index in [1.165, 1.54) is 17.5 Å². The van der Waals surface area contributed by atoms with Crippen molar-refractivity contribution in [2.45, 2.75) is 31.3 Å². The van der Waals surface area contributed by atoms with Crippen LogP contribution < -0.4 is 15.4 Å². The van der Waals surface area contributed by atoms with E-state index in [1.807, 2.05) is 19.2 Å². The van der Waals surface area contributed by atoms with E-state index in [0.717, 1.165) is 31.2 Å². The molecule has 4 rings (SSSR count). The Morgan fingerprint density at radius 1 is 1.08 bits per heavy atom. The van der Waals surface area contributed by atoms with Gasteiger partial charge in [0.1, 0.15) is 5.75 Å². The lowest BCUT2D eigenvalue weighted by Gasteiger charge is -2.28. The molecule has 0 aromatic heterocycles. The number of hydrogen-bond donors (Lipinski definition) is 2. The molecule has 1 aliphatic carbocycles. The first-order valence-electron chi connectivity index (χ1n) is 9.09. The zero-order valence-corrected chi connectivity index (χ0v) is 17.4. The molecule has 26 heavy (non-hydrogen) atoms. The lowest BCUT2D eigenvalue weighted by molar-refractivity contribution is 0.261. The maximum absolute atomic E-state index is 5.75. The van der Waals surface area contributed by atoms with E-state index in [4.69, 9.17) is 4.74 Å². The molecule has 1 aliphatic heterocycles. The summed E-state index contributed by atoms with van der Waals surface area (Å²) in [6.07, 6.45) is 3.30. The monoisotopic (exact) mass is 463 g/mol. The second-order valence-corrected chi connectivity index (χ2v) is 6.88. The largest absolute Gasteiger partial charge is 0.493 e. The lowest BCUT2D eigenvalue weighted by Crippen LogP contribution is -2.42. The third kappa shape index (κ3) is 4.50. The number of nitrogens with one attached hydrogen (secondary N) is 2. The minimum atomic E-state index is 0. The van der Waals surface area contributed by atoms with E-state index in [0.29, 0.717) is 12.0 Å². The third-order valence-electron chi connectivity index (χ3n) is 5.08. The summed E-state index contributed by atoms with van der Waals surface area (Å²) in [7, 11) is 1.84. The molecule has 0 saturated heterocycles. The van der Waals surface area contributed by atoms with Crippen molar-refractivity contribution in [1.29, 1.82) is 0 Å². The van der Waals surface area contributed by atoms with Crippen molar-refractivity contribution in [1.82, 2.24) is 10.6 Å². The zero-order chi connectivity index (χ0) is 17.1. The fourth-order valence-electron chi connectivity index (χ4n) is 3.57. The maximum atomic E-state index is 5.75. The van der Waals surface area contributed by atoms with Crippen LogP contribution in [0.1, 0.15) is 30.0 Å². The molecular formula is C21H26IN3O. The van der Waals surface area contributed by atoms with E-state index < -0.39 is 0 Å². The molecule has 1 heterocycles. The van der Waals surface area contributed by atoms with Crippen molar-refractivity contribution in [2.24, 2.45) is 10.9 Å². The van der Waals surface area contributed by atoms with E-state index in [-0.39, 0.29) is 30.0 Å². The molecule has 2 aromatic rings. The smallest absolute Gasteiger partial charge is 0.191 e. The van der Waals surface area contributed by atoms with Gasteiger partial charge < -0.3 is 15.4 Å². The molecule has 4 nitrogen and oxygen atoms in total. The van der Waals surface area contributed by atoms with Gasteiger partial charge in [-0.25, -0.2) is 0 Å². The molecule has 0 spiro atoms. The molecule has 3 unspecified atom stereocenters. The molecule has 0 bridgehead atoms. The molecule has 1 fully saturated rings. The van der Waals surface area contributed by atoms with Gasteiger partial charge in [-0.05, 0) is 30.4 Å². The fourth-order valence-corrected chi connectivity index (χ4v) is 3.57. The Morgan fingerprint density at radius 3 is 2.65 bits per heavy atom. The number of fused-ring (bicyclic) bond motifs is 1. The summed E-state index contributed by atoms with van der Waals surface area (Å²) in [6.45, 7) is 0.742. The first kappa shape index (κ1) is 19.0. The molecule has 138 valence electrons. The number of ether oxygens (including phenoxy) is 1. The standard InChI is InChI=1S/C21H25N3O.HI/c1-22-21(23-18-11-12-25-20-10-6-5-9-17(18)20)24-19-14-16(19)13-15-7-3-2-4-8-15;/h2-10,16,18-19H,11-14H2,1H3,(H2,22,23,24);1H. The van der Waals surface area contributed by atoms with Gasteiger partial charge in [0.2, 0.25) is 0 Å². The summed E-state index contributed by atoms with van der Waals surface area (Å²) >= 11 is 0. The Hall–Kier alpha value is -1.76. The molecule has 1 saturated carbocycles. The Labute approximate surface area is 172 Å². The third-order valence-corrected chi connectivity index (χ3v) is 5.08.